The van der Waals surface area contributed by atoms with Crippen LogP contribution in [-0.2, 0) is 14.4 Å². The molecule has 0 aliphatic heterocycles. The van der Waals surface area contributed by atoms with Crippen LogP contribution in [0.15, 0.2) is 24.2 Å². The normalized spacial score (nSPS) is 11.8. The number of hydrogen-bond donors (Lipinski definition) is 1. The quantitative estimate of drug-likeness (QED) is 0.181. The van der Waals surface area contributed by atoms with Crippen LogP contribution in [0.1, 0.15) is 6.92 Å². The van der Waals surface area contributed by atoms with E-state index in [1.54, 1.807) is 6.92 Å². The molecule has 0 aliphatic rings. The van der Waals surface area contributed by atoms with Gasteiger partial charge in [0.25, 0.3) is 0 Å². The third-order valence-electron chi connectivity index (χ3n) is 1.26. The zero-order valence-electron chi connectivity index (χ0n) is 7.87. The lowest BCUT2D eigenvalue weighted by atomic mass is 10.4. The first-order chi connectivity index (χ1) is 6.11. The summed E-state index contributed by atoms with van der Waals surface area (Å²) >= 11 is 0. The van der Waals surface area contributed by atoms with Crippen LogP contribution in [0.3, 0.4) is 0 Å². The summed E-state index contributed by atoms with van der Waals surface area (Å²) in [5.74, 6) is -0.240. The molecular formula is C8H14O4Si. The molecule has 0 amide bonds. The minimum absolute atomic E-state index is 0.276. The maximum Gasteiger partial charge on any atom is 0.338 e. The molecule has 1 N–H and O–H groups in total. The topological polar surface area (TPSA) is 55.8 Å². The molecule has 0 fully saturated rings. The third kappa shape index (κ3) is 5.21. The van der Waals surface area contributed by atoms with Crippen molar-refractivity contribution in [3.05, 3.63) is 24.2 Å². The minimum Gasteiger partial charge on any atom is -0.427 e. The fourth-order valence-electron chi connectivity index (χ4n) is 0.592. The van der Waals surface area contributed by atoms with E-state index in [1.807, 2.05) is 6.55 Å². The van der Waals surface area contributed by atoms with Crippen LogP contribution in [0.2, 0.25) is 12.6 Å². The maximum atomic E-state index is 10.9. The lowest BCUT2D eigenvalue weighted by Gasteiger charge is -2.01. The van der Waals surface area contributed by atoms with Crippen LogP contribution in [-0.4, -0.2) is 20.7 Å². The molecule has 0 heterocycles. The van der Waals surface area contributed by atoms with Crippen LogP contribution >= 0.6 is 0 Å². The van der Waals surface area contributed by atoms with Crippen LogP contribution in [0.5, 0.6) is 0 Å². The summed E-state index contributed by atoms with van der Waals surface area (Å²) in [7, 11) is -0.276. The number of allylic oxidation sites excluding steroid dienone is 1. The highest BCUT2D eigenvalue weighted by Crippen LogP contribution is 2.03. The molecule has 4 nitrogen and oxygen atoms in total. The van der Waals surface area contributed by atoms with E-state index < -0.39 is 5.97 Å². The van der Waals surface area contributed by atoms with E-state index in [2.05, 4.69) is 16.2 Å². The second kappa shape index (κ2) is 6.44. The smallest absolute Gasteiger partial charge is 0.338 e. The Morgan fingerprint density at radius 2 is 2.31 bits per heavy atom. The molecule has 0 atom stereocenters. The summed E-state index contributed by atoms with van der Waals surface area (Å²) in [6.07, 6.45) is 1.12. The van der Waals surface area contributed by atoms with Gasteiger partial charge in [-0.3, -0.25) is 0 Å². The standard InChI is InChI=1S/C8H14O4Si/c1-6(2)8(9)11-4-7(12-10)5-13-3/h4,10H,1,5,13H2,2-3H3/b7-4+. The maximum absolute atomic E-state index is 10.9. The highest BCUT2D eigenvalue weighted by Gasteiger charge is 2.03. The molecule has 0 bridgehead atoms. The molecule has 0 aliphatic carbocycles. The molecule has 0 aromatic carbocycles. The van der Waals surface area contributed by atoms with E-state index >= 15 is 0 Å². The first-order valence-electron chi connectivity index (χ1n) is 3.98. The van der Waals surface area contributed by atoms with Gasteiger partial charge in [0.05, 0.1) is 0 Å². The van der Waals surface area contributed by atoms with Crippen molar-refractivity contribution in [3.63, 3.8) is 0 Å². The van der Waals surface area contributed by atoms with Crippen molar-refractivity contribution in [2.24, 2.45) is 0 Å². The number of carbonyl (C=O) groups excluding carboxylic acids is 1. The number of rotatable bonds is 5. The molecular weight excluding hydrogens is 188 g/mol. The van der Waals surface area contributed by atoms with Gasteiger partial charge in [-0.1, -0.05) is 13.1 Å². The van der Waals surface area contributed by atoms with Gasteiger partial charge in [0, 0.05) is 21.1 Å². The third-order valence-corrected chi connectivity index (χ3v) is 2.25. The van der Waals surface area contributed by atoms with Gasteiger partial charge >= 0.3 is 5.97 Å². The predicted molar refractivity (Wildman–Crippen MR) is 51.9 cm³/mol. The average Bonchev–Trinajstić information content (AvgIpc) is 2.11. The van der Waals surface area contributed by atoms with E-state index in [0.29, 0.717) is 11.6 Å². The summed E-state index contributed by atoms with van der Waals surface area (Å²) in [5.41, 5.74) is 0.308. The number of carbonyl (C=O) groups is 1. The molecule has 0 rings (SSSR count). The van der Waals surface area contributed by atoms with E-state index in [9.17, 15) is 4.79 Å². The Hall–Kier alpha value is -1.07. The summed E-state index contributed by atoms with van der Waals surface area (Å²) in [4.78, 5) is 14.9. The monoisotopic (exact) mass is 202 g/mol. The van der Waals surface area contributed by atoms with Gasteiger partial charge in [0.2, 0.25) is 0 Å². The number of esters is 1. The van der Waals surface area contributed by atoms with Crippen molar-refractivity contribution in [2.45, 2.75) is 19.5 Å². The lowest BCUT2D eigenvalue weighted by Crippen LogP contribution is -2.01. The van der Waals surface area contributed by atoms with Gasteiger partial charge in [-0.2, -0.15) is 0 Å². The van der Waals surface area contributed by atoms with Gasteiger partial charge in [0.1, 0.15) is 6.26 Å². The summed E-state index contributed by atoms with van der Waals surface area (Å²) < 4.78 is 4.65. The first kappa shape index (κ1) is 11.9. The molecule has 74 valence electrons. The van der Waals surface area contributed by atoms with Gasteiger partial charge in [-0.25, -0.2) is 10.1 Å². The largest absolute Gasteiger partial charge is 0.427 e. The molecule has 0 saturated heterocycles. The van der Waals surface area contributed by atoms with Crippen molar-refractivity contribution < 1.29 is 19.7 Å². The molecule has 0 radical (unpaired) electrons. The second-order valence-corrected chi connectivity index (χ2v) is 4.11. The van der Waals surface area contributed by atoms with E-state index in [1.165, 1.54) is 0 Å². The number of hydrogen-bond acceptors (Lipinski definition) is 4. The molecule has 0 aromatic rings. The summed E-state index contributed by atoms with van der Waals surface area (Å²) in [6.45, 7) is 7.00. The highest BCUT2D eigenvalue weighted by molar-refractivity contribution is 6.34. The summed E-state index contributed by atoms with van der Waals surface area (Å²) in [5, 5.41) is 8.35. The Labute approximate surface area is 79.6 Å². The Bertz CT molecular complexity index is 222. The minimum atomic E-state index is -0.521. The van der Waals surface area contributed by atoms with Gasteiger partial charge in [-0.15, -0.1) is 0 Å². The van der Waals surface area contributed by atoms with Crippen molar-refractivity contribution in [3.8, 4) is 0 Å². The average molecular weight is 202 g/mol. The van der Waals surface area contributed by atoms with Crippen LogP contribution in [0.25, 0.3) is 0 Å². The molecule has 0 aromatic heterocycles. The zero-order chi connectivity index (χ0) is 10.3. The Balaban J connectivity index is 4.05. The Morgan fingerprint density at radius 3 is 2.69 bits per heavy atom. The fourth-order valence-corrected chi connectivity index (χ4v) is 1.29. The second-order valence-electron chi connectivity index (χ2n) is 2.61. The predicted octanol–water partition coefficient (Wildman–Crippen LogP) is 1.07. The molecule has 0 saturated carbocycles. The van der Waals surface area contributed by atoms with Gasteiger partial charge in [-0.05, 0) is 6.92 Å². The highest BCUT2D eigenvalue weighted by atomic mass is 28.2. The van der Waals surface area contributed by atoms with E-state index in [0.717, 1.165) is 6.26 Å². The molecule has 0 unspecified atom stereocenters. The SMILES string of the molecule is C=C(C)C(=O)O/C=C(\C[SiH2]C)OO. The van der Waals surface area contributed by atoms with Crippen LogP contribution in [0.4, 0.5) is 0 Å². The molecule has 0 spiro atoms. The zero-order valence-corrected chi connectivity index (χ0v) is 9.28. The first-order valence-corrected chi connectivity index (χ1v) is 6.40. The summed E-state index contributed by atoms with van der Waals surface area (Å²) in [6, 6.07) is 0.653. The van der Waals surface area contributed by atoms with E-state index in [4.69, 9.17) is 5.26 Å². The Morgan fingerprint density at radius 1 is 1.69 bits per heavy atom. The van der Waals surface area contributed by atoms with Gasteiger partial charge < -0.3 is 9.62 Å². The van der Waals surface area contributed by atoms with Gasteiger partial charge in [0.15, 0.2) is 5.76 Å². The number of ether oxygens (including phenoxy) is 1. The van der Waals surface area contributed by atoms with Crippen molar-refractivity contribution in [1.82, 2.24) is 0 Å². The Kier molecular flexibility index (Phi) is 5.91. The lowest BCUT2D eigenvalue weighted by molar-refractivity contribution is -0.204. The van der Waals surface area contributed by atoms with Crippen LogP contribution in [0, 0.1) is 0 Å². The molecule has 5 heteroatoms. The van der Waals surface area contributed by atoms with Crippen LogP contribution < -0.4 is 0 Å². The van der Waals surface area contributed by atoms with E-state index in [-0.39, 0.29) is 15.3 Å². The fraction of sp³-hybridized carbons (Fsp3) is 0.375. The van der Waals surface area contributed by atoms with Crippen molar-refractivity contribution >= 4 is 15.5 Å². The molecule has 13 heavy (non-hydrogen) atoms. The van der Waals surface area contributed by atoms with Crippen molar-refractivity contribution in [2.75, 3.05) is 0 Å². The van der Waals surface area contributed by atoms with Crippen molar-refractivity contribution in [1.29, 1.82) is 0 Å².